The van der Waals surface area contributed by atoms with Gasteiger partial charge in [-0.1, -0.05) is 19.8 Å². The quantitative estimate of drug-likeness (QED) is 0.679. The van der Waals surface area contributed by atoms with Crippen molar-refractivity contribution < 1.29 is 22.7 Å². The van der Waals surface area contributed by atoms with Crippen molar-refractivity contribution in [3.63, 3.8) is 0 Å². The van der Waals surface area contributed by atoms with Crippen LogP contribution in [0, 0.1) is 5.92 Å². The third-order valence-corrected chi connectivity index (χ3v) is 8.53. The van der Waals surface area contributed by atoms with Gasteiger partial charge in [-0.15, -0.1) is 0 Å². The van der Waals surface area contributed by atoms with Gasteiger partial charge in [0.1, 0.15) is 10.6 Å². The molecule has 2 aliphatic rings. The van der Waals surface area contributed by atoms with E-state index in [0.717, 1.165) is 19.3 Å². The maximum Gasteiger partial charge on any atom is 0.251 e. The van der Waals surface area contributed by atoms with Crippen LogP contribution in [0.3, 0.4) is 0 Å². The molecule has 0 bridgehead atoms. The number of benzene rings is 1. The minimum absolute atomic E-state index is 0.0122. The number of likely N-dealkylation sites (N-methyl/N-ethyl adjacent to an activating group) is 1. The summed E-state index contributed by atoms with van der Waals surface area (Å²) < 4.78 is 38.3. The summed E-state index contributed by atoms with van der Waals surface area (Å²) in [6.07, 6.45) is 4.41. The monoisotopic (exact) mass is 453 g/mol. The molecule has 1 aromatic carbocycles. The van der Waals surface area contributed by atoms with Crippen LogP contribution in [0.2, 0.25) is 0 Å². The number of carbonyl (C=O) groups is 1. The molecule has 0 spiro atoms. The van der Waals surface area contributed by atoms with E-state index >= 15 is 0 Å². The molecule has 9 heteroatoms. The van der Waals surface area contributed by atoms with Gasteiger partial charge in [0.25, 0.3) is 5.91 Å². The van der Waals surface area contributed by atoms with Gasteiger partial charge in [-0.25, -0.2) is 8.42 Å². The summed E-state index contributed by atoms with van der Waals surface area (Å²) >= 11 is 0. The summed E-state index contributed by atoms with van der Waals surface area (Å²) in [5.41, 5.74) is 0.230. The summed E-state index contributed by atoms with van der Waals surface area (Å²) in [5.74, 6) is 0.564. The normalized spacial score (nSPS) is 25.4. The molecule has 0 radical (unpaired) electrons. The fourth-order valence-electron chi connectivity index (χ4n) is 4.65. The van der Waals surface area contributed by atoms with Crippen LogP contribution in [-0.4, -0.2) is 83.1 Å². The van der Waals surface area contributed by atoms with Crippen molar-refractivity contribution in [2.45, 2.75) is 43.0 Å². The van der Waals surface area contributed by atoms with Crippen LogP contribution in [0.25, 0.3) is 0 Å². The van der Waals surface area contributed by atoms with E-state index in [0.29, 0.717) is 31.2 Å². The van der Waals surface area contributed by atoms with Crippen LogP contribution >= 0.6 is 0 Å². The molecule has 1 heterocycles. The first-order chi connectivity index (χ1) is 14.7. The Bertz CT molecular complexity index is 883. The molecule has 1 aliphatic heterocycles. The van der Waals surface area contributed by atoms with Crippen molar-refractivity contribution in [2.24, 2.45) is 5.92 Å². The first-order valence-corrected chi connectivity index (χ1v) is 12.4. The molecule has 3 rings (SSSR count). The van der Waals surface area contributed by atoms with Gasteiger partial charge < -0.3 is 19.7 Å². The Morgan fingerprint density at radius 1 is 1.32 bits per heavy atom. The fraction of sp³-hybridized carbons (Fsp3) is 0.682. The maximum atomic E-state index is 13.2. The molecule has 1 amide bonds. The number of ether oxygens (including phenoxy) is 2. The molecular formula is C22H35N3O5S. The third kappa shape index (κ3) is 5.22. The minimum atomic E-state index is -3.79. The lowest BCUT2D eigenvalue weighted by molar-refractivity contribution is 0.0675. The van der Waals surface area contributed by atoms with Gasteiger partial charge in [0, 0.05) is 30.7 Å². The van der Waals surface area contributed by atoms with Crippen LogP contribution in [0.5, 0.6) is 5.75 Å². The van der Waals surface area contributed by atoms with Gasteiger partial charge in [-0.2, -0.15) is 4.31 Å². The predicted octanol–water partition coefficient (Wildman–Crippen LogP) is 1.96. The predicted molar refractivity (Wildman–Crippen MR) is 119 cm³/mol. The molecule has 174 valence electrons. The van der Waals surface area contributed by atoms with Crippen LogP contribution in [0.15, 0.2) is 23.1 Å². The van der Waals surface area contributed by atoms with Crippen molar-refractivity contribution in [1.29, 1.82) is 0 Å². The molecule has 1 aliphatic carbocycles. The highest BCUT2D eigenvalue weighted by Gasteiger charge is 2.37. The summed E-state index contributed by atoms with van der Waals surface area (Å²) in [7, 11) is 1.76. The number of methoxy groups -OCH3 is 1. The van der Waals surface area contributed by atoms with Crippen molar-refractivity contribution >= 4 is 15.9 Å². The summed E-state index contributed by atoms with van der Waals surface area (Å²) in [6.45, 7) is 4.06. The molecule has 0 aromatic heterocycles. The van der Waals surface area contributed by atoms with Crippen molar-refractivity contribution in [3.8, 4) is 5.75 Å². The summed E-state index contributed by atoms with van der Waals surface area (Å²) in [5, 5.41) is 3.06. The van der Waals surface area contributed by atoms with Crippen LogP contribution < -0.4 is 10.1 Å². The van der Waals surface area contributed by atoms with Crippen LogP contribution in [-0.2, 0) is 14.8 Å². The first kappa shape index (κ1) is 24.0. The fourth-order valence-corrected chi connectivity index (χ4v) is 6.24. The van der Waals surface area contributed by atoms with E-state index in [9.17, 15) is 13.2 Å². The maximum absolute atomic E-state index is 13.2. The number of nitrogens with one attached hydrogen (secondary N) is 1. The zero-order chi connectivity index (χ0) is 22.6. The highest BCUT2D eigenvalue weighted by Crippen LogP contribution is 2.35. The summed E-state index contributed by atoms with van der Waals surface area (Å²) in [4.78, 5) is 15.2. The Kier molecular flexibility index (Phi) is 7.62. The highest BCUT2D eigenvalue weighted by molar-refractivity contribution is 7.89. The van der Waals surface area contributed by atoms with E-state index in [1.54, 1.807) is 12.1 Å². The van der Waals surface area contributed by atoms with E-state index < -0.39 is 10.0 Å². The van der Waals surface area contributed by atoms with Gasteiger partial charge in [-0.3, -0.25) is 4.79 Å². The number of hydrogen-bond donors (Lipinski definition) is 1. The SMILES string of the molecule is COc1ccc(C(=O)NC[C@]2(N(C)C)CCC[C@H](C)C2)cc1S(=O)(=O)N1CCOCC1. The highest BCUT2D eigenvalue weighted by atomic mass is 32.2. The lowest BCUT2D eigenvalue weighted by Gasteiger charge is -2.45. The summed E-state index contributed by atoms with van der Waals surface area (Å²) in [6, 6.07) is 4.58. The van der Waals surface area contributed by atoms with Crippen LogP contribution in [0.1, 0.15) is 43.0 Å². The average molecular weight is 454 g/mol. The second-order valence-corrected chi connectivity index (χ2v) is 10.8. The largest absolute Gasteiger partial charge is 0.495 e. The van der Waals surface area contributed by atoms with E-state index in [-0.39, 0.29) is 35.2 Å². The van der Waals surface area contributed by atoms with Gasteiger partial charge in [0.05, 0.1) is 20.3 Å². The molecule has 0 unspecified atom stereocenters. The average Bonchev–Trinajstić information content (AvgIpc) is 2.77. The molecule has 2 fully saturated rings. The molecule has 8 nitrogen and oxygen atoms in total. The van der Waals surface area contributed by atoms with E-state index in [1.165, 1.54) is 23.9 Å². The Balaban J connectivity index is 1.81. The third-order valence-electron chi connectivity index (χ3n) is 6.61. The molecule has 1 saturated carbocycles. The zero-order valence-corrected chi connectivity index (χ0v) is 19.8. The second kappa shape index (κ2) is 9.85. The second-order valence-electron chi connectivity index (χ2n) is 8.89. The molecule has 31 heavy (non-hydrogen) atoms. The number of carbonyl (C=O) groups excluding carboxylic acids is 1. The molecule has 1 N–H and O–H groups in total. The van der Waals surface area contributed by atoms with Gasteiger partial charge >= 0.3 is 0 Å². The molecular weight excluding hydrogens is 418 g/mol. The standard InChI is InChI=1S/C22H35N3O5S/c1-17-6-5-9-22(15-17,24(2)3)16-23-21(26)18-7-8-19(29-4)20(14-18)31(27,28)25-10-12-30-13-11-25/h7-8,14,17H,5-6,9-13,15-16H2,1-4H3,(H,23,26)/t17-,22-/m0/s1. The van der Waals surface area contributed by atoms with Gasteiger partial charge in [0.15, 0.2) is 0 Å². The first-order valence-electron chi connectivity index (χ1n) is 10.9. The van der Waals surface area contributed by atoms with Crippen molar-refractivity contribution in [1.82, 2.24) is 14.5 Å². The number of sulfonamides is 1. The van der Waals surface area contributed by atoms with E-state index in [4.69, 9.17) is 9.47 Å². The van der Waals surface area contributed by atoms with Crippen molar-refractivity contribution in [2.75, 3.05) is 54.1 Å². The smallest absolute Gasteiger partial charge is 0.251 e. The van der Waals surface area contributed by atoms with Gasteiger partial charge in [0.2, 0.25) is 10.0 Å². The van der Waals surface area contributed by atoms with Crippen molar-refractivity contribution in [3.05, 3.63) is 23.8 Å². The van der Waals surface area contributed by atoms with Gasteiger partial charge in [-0.05, 0) is 51.1 Å². The van der Waals surface area contributed by atoms with Crippen LogP contribution in [0.4, 0.5) is 0 Å². The van der Waals surface area contributed by atoms with E-state index in [2.05, 4.69) is 31.2 Å². The Hall–Kier alpha value is -1.68. The number of nitrogens with zero attached hydrogens (tertiary/aromatic N) is 2. The number of morpholine rings is 1. The number of amides is 1. The topological polar surface area (TPSA) is 88.2 Å². The molecule has 1 aromatic rings. The lowest BCUT2D eigenvalue weighted by Crippen LogP contribution is -2.55. The van der Waals surface area contributed by atoms with E-state index in [1.807, 2.05) is 0 Å². The number of hydrogen-bond acceptors (Lipinski definition) is 6. The minimum Gasteiger partial charge on any atom is -0.495 e. The number of rotatable bonds is 7. The lowest BCUT2D eigenvalue weighted by atomic mass is 9.75. The Morgan fingerprint density at radius 3 is 2.65 bits per heavy atom. The Morgan fingerprint density at radius 2 is 2.03 bits per heavy atom. The Labute approximate surface area is 185 Å². The molecule has 1 saturated heterocycles. The molecule has 2 atom stereocenters. The zero-order valence-electron chi connectivity index (χ0n) is 19.0.